The summed E-state index contributed by atoms with van der Waals surface area (Å²) in [5.74, 6) is 0.00981. The number of benzene rings is 4. The van der Waals surface area contributed by atoms with Crippen LogP contribution in [0.2, 0.25) is 0 Å². The van der Waals surface area contributed by atoms with E-state index in [2.05, 4.69) is 72.6 Å². The van der Waals surface area contributed by atoms with Crippen molar-refractivity contribution < 1.29 is 4.79 Å². The summed E-state index contributed by atoms with van der Waals surface area (Å²) in [4.78, 5) is 14.4. The van der Waals surface area contributed by atoms with Crippen LogP contribution < -0.4 is 5.73 Å². The molecule has 0 atom stereocenters. The van der Waals surface area contributed by atoms with E-state index in [1.54, 1.807) is 24.4 Å². The number of nitrogens with zero attached hydrogens (tertiary/aromatic N) is 1. The number of hydrogen-bond acceptors (Lipinski definition) is 3. The van der Waals surface area contributed by atoms with Gasteiger partial charge in [-0.15, -0.1) is 0 Å². The van der Waals surface area contributed by atoms with Gasteiger partial charge in [-0.3, -0.25) is 9.78 Å². The van der Waals surface area contributed by atoms with Crippen LogP contribution in [0, 0.1) is 6.92 Å². The first-order valence-electron chi connectivity index (χ1n) is 11.4. The number of carbonyl (C=O) groups is 1. The molecule has 0 amide bonds. The molecule has 0 fully saturated rings. The fourth-order valence-electron chi connectivity index (χ4n) is 2.82. The molecular formula is C32H32N2O. The summed E-state index contributed by atoms with van der Waals surface area (Å²) in [5, 5.41) is 0. The van der Waals surface area contributed by atoms with E-state index in [9.17, 15) is 4.79 Å². The Hall–Kier alpha value is -4.50. The molecule has 0 aliphatic heterocycles. The number of para-hydroxylation sites is 1. The number of Topliss-reactive ketones (excluding diaryl/α,β-unsaturated/α-hetero) is 1. The number of nitrogens with two attached hydrogens (primary N) is 1. The van der Waals surface area contributed by atoms with Crippen LogP contribution in [0.15, 0.2) is 146 Å². The second kappa shape index (κ2) is 16.2. The van der Waals surface area contributed by atoms with Gasteiger partial charge in [0.1, 0.15) is 5.69 Å². The Bertz CT molecular complexity index is 1120. The van der Waals surface area contributed by atoms with Crippen LogP contribution in [0.5, 0.6) is 0 Å². The summed E-state index contributed by atoms with van der Waals surface area (Å²) >= 11 is 0. The molecule has 3 nitrogen and oxygen atoms in total. The first kappa shape index (κ1) is 26.7. The van der Waals surface area contributed by atoms with Gasteiger partial charge in [-0.1, -0.05) is 121 Å². The highest BCUT2D eigenvalue weighted by Crippen LogP contribution is 2.17. The van der Waals surface area contributed by atoms with Crippen molar-refractivity contribution in [2.45, 2.75) is 13.8 Å². The van der Waals surface area contributed by atoms with Gasteiger partial charge in [0.2, 0.25) is 0 Å². The molecule has 1 heterocycles. The number of ketones is 1. The summed E-state index contributed by atoms with van der Waals surface area (Å²) in [6.45, 7) is 3.59. The van der Waals surface area contributed by atoms with Gasteiger partial charge in [0, 0.05) is 18.8 Å². The maximum atomic E-state index is 10.6. The van der Waals surface area contributed by atoms with Gasteiger partial charge < -0.3 is 5.73 Å². The van der Waals surface area contributed by atoms with Crippen molar-refractivity contribution >= 4 is 11.5 Å². The molecule has 0 aliphatic rings. The van der Waals surface area contributed by atoms with Crippen molar-refractivity contribution in [3.05, 3.63) is 157 Å². The molecule has 5 rings (SSSR count). The number of rotatable bonds is 2. The second-order valence-electron chi connectivity index (χ2n) is 7.57. The number of anilines is 1. The third kappa shape index (κ3) is 11.8. The Morgan fingerprint density at radius 3 is 1.23 bits per heavy atom. The Labute approximate surface area is 208 Å². The average Bonchev–Trinajstić information content (AvgIpc) is 2.92. The number of carbonyl (C=O) groups excluding carboxylic acids is 1. The first-order valence-corrected chi connectivity index (χ1v) is 11.4. The lowest BCUT2D eigenvalue weighted by Gasteiger charge is -1.98. The zero-order chi connectivity index (χ0) is 25.1. The van der Waals surface area contributed by atoms with Crippen LogP contribution in [-0.2, 0) is 0 Å². The lowest BCUT2D eigenvalue weighted by Crippen LogP contribution is -1.93. The third-order valence-electron chi connectivity index (χ3n) is 4.65. The Kier molecular flexibility index (Phi) is 12.4. The van der Waals surface area contributed by atoms with E-state index in [0.29, 0.717) is 5.69 Å². The number of nitrogen functional groups attached to an aromatic ring is 1. The Balaban J connectivity index is 0.000000169. The van der Waals surface area contributed by atoms with Crippen molar-refractivity contribution in [2.75, 3.05) is 5.73 Å². The van der Waals surface area contributed by atoms with E-state index in [1.807, 2.05) is 60.7 Å². The highest BCUT2D eigenvalue weighted by Gasteiger charge is 1.95. The molecule has 35 heavy (non-hydrogen) atoms. The van der Waals surface area contributed by atoms with Crippen molar-refractivity contribution in [2.24, 2.45) is 0 Å². The van der Waals surface area contributed by atoms with Crippen LogP contribution in [0.3, 0.4) is 0 Å². The zero-order valence-electron chi connectivity index (χ0n) is 20.3. The molecule has 0 saturated carbocycles. The molecule has 5 aromatic rings. The second-order valence-corrected chi connectivity index (χ2v) is 7.57. The van der Waals surface area contributed by atoms with Crippen LogP contribution >= 0.6 is 0 Å². The number of aromatic nitrogens is 1. The smallest absolute Gasteiger partial charge is 0.178 e. The molecule has 4 aromatic carbocycles. The quantitative estimate of drug-likeness (QED) is 0.215. The minimum Gasteiger partial charge on any atom is -0.399 e. The fraction of sp³-hybridized carbons (Fsp3) is 0.0625. The highest BCUT2D eigenvalue weighted by molar-refractivity contribution is 5.91. The molecule has 0 spiro atoms. The molecule has 3 heteroatoms. The zero-order valence-corrected chi connectivity index (χ0v) is 20.3. The van der Waals surface area contributed by atoms with Gasteiger partial charge in [-0.2, -0.15) is 0 Å². The molecular weight excluding hydrogens is 428 g/mol. The van der Waals surface area contributed by atoms with Crippen molar-refractivity contribution in [3.8, 4) is 11.1 Å². The summed E-state index contributed by atoms with van der Waals surface area (Å²) < 4.78 is 0. The van der Waals surface area contributed by atoms with E-state index in [0.717, 1.165) is 5.69 Å². The first-order chi connectivity index (χ1) is 17.1. The van der Waals surface area contributed by atoms with Gasteiger partial charge >= 0.3 is 0 Å². The number of pyridine rings is 1. The van der Waals surface area contributed by atoms with Gasteiger partial charge in [-0.25, -0.2) is 0 Å². The average molecular weight is 461 g/mol. The van der Waals surface area contributed by atoms with Crippen molar-refractivity contribution in [3.63, 3.8) is 0 Å². The number of aryl methyl sites for hydroxylation is 1. The van der Waals surface area contributed by atoms with Gasteiger partial charge in [-0.05, 0) is 42.3 Å². The standard InChI is InChI=1S/C12H10.C7H7NO.C7H8.C6H7N/c1-3-7-11(8-4-1)12-9-5-2-6-10-12;1-6(9)7-4-2-3-5-8-7;1-7-5-3-2-4-6-7;7-6-4-2-1-3-5-6/h1-10H;2-5H,1H3;2-6H,1H3;1-5H,7H2. The van der Waals surface area contributed by atoms with Gasteiger partial charge in [0.05, 0.1) is 0 Å². The lowest BCUT2D eigenvalue weighted by molar-refractivity contribution is 0.101. The molecule has 0 radical (unpaired) electrons. The Morgan fingerprint density at radius 2 is 0.971 bits per heavy atom. The molecule has 0 unspecified atom stereocenters. The van der Waals surface area contributed by atoms with Crippen molar-refractivity contribution in [1.82, 2.24) is 4.98 Å². The van der Waals surface area contributed by atoms with Crippen LogP contribution in [-0.4, -0.2) is 10.8 Å². The van der Waals surface area contributed by atoms with Crippen LogP contribution in [0.25, 0.3) is 11.1 Å². The van der Waals surface area contributed by atoms with Crippen molar-refractivity contribution in [1.29, 1.82) is 0 Å². The molecule has 1 aromatic heterocycles. The predicted molar refractivity (Wildman–Crippen MR) is 148 cm³/mol. The molecule has 0 aliphatic carbocycles. The van der Waals surface area contributed by atoms with E-state index in [1.165, 1.54) is 23.6 Å². The summed E-state index contributed by atoms with van der Waals surface area (Å²) in [6.07, 6.45) is 1.61. The third-order valence-corrected chi connectivity index (χ3v) is 4.65. The Morgan fingerprint density at radius 1 is 0.571 bits per heavy atom. The van der Waals surface area contributed by atoms with Crippen LogP contribution in [0.4, 0.5) is 5.69 Å². The molecule has 0 bridgehead atoms. The topological polar surface area (TPSA) is 56.0 Å². The lowest BCUT2D eigenvalue weighted by atomic mass is 10.1. The van der Waals surface area contributed by atoms with E-state index in [4.69, 9.17) is 5.73 Å². The summed E-state index contributed by atoms with van der Waals surface area (Å²) in [5.41, 5.74) is 10.6. The minimum absolute atomic E-state index is 0.00981. The predicted octanol–water partition coefficient (Wildman–Crippen LogP) is 7.90. The maximum Gasteiger partial charge on any atom is 0.178 e. The van der Waals surface area contributed by atoms with Crippen LogP contribution in [0.1, 0.15) is 23.0 Å². The van der Waals surface area contributed by atoms with E-state index >= 15 is 0 Å². The van der Waals surface area contributed by atoms with Gasteiger partial charge in [0.15, 0.2) is 5.78 Å². The summed E-state index contributed by atoms with van der Waals surface area (Å²) in [7, 11) is 0. The molecule has 0 saturated heterocycles. The summed E-state index contributed by atoms with van der Waals surface area (Å²) in [6, 6.07) is 45.8. The largest absolute Gasteiger partial charge is 0.399 e. The maximum absolute atomic E-state index is 10.6. The normalized spacial score (nSPS) is 9.09. The molecule has 2 N–H and O–H groups in total. The fourth-order valence-corrected chi connectivity index (χ4v) is 2.82. The number of hydrogen-bond donors (Lipinski definition) is 1. The van der Waals surface area contributed by atoms with Gasteiger partial charge in [0.25, 0.3) is 0 Å². The monoisotopic (exact) mass is 460 g/mol. The minimum atomic E-state index is 0.00981. The molecule has 176 valence electrons. The van der Waals surface area contributed by atoms with E-state index < -0.39 is 0 Å². The SMILES string of the molecule is CC(=O)c1ccccn1.Cc1ccccc1.Nc1ccccc1.c1ccc(-c2ccccc2)cc1. The van der Waals surface area contributed by atoms with E-state index in [-0.39, 0.29) is 5.78 Å². The highest BCUT2D eigenvalue weighted by atomic mass is 16.1.